The Morgan fingerprint density at radius 1 is 1.22 bits per heavy atom. The van der Waals surface area contributed by atoms with Gasteiger partial charge in [0.05, 0.1) is 12.1 Å². The molecule has 1 aromatic rings. The number of halogens is 3. The minimum absolute atomic E-state index is 0.0473. The Balaban J connectivity index is 1.96. The van der Waals surface area contributed by atoms with Gasteiger partial charge < -0.3 is 9.80 Å². The summed E-state index contributed by atoms with van der Waals surface area (Å²) >= 11 is 0. The zero-order valence-electron chi connectivity index (χ0n) is 13.3. The van der Waals surface area contributed by atoms with Gasteiger partial charge in [-0.1, -0.05) is 0 Å². The van der Waals surface area contributed by atoms with Crippen molar-refractivity contribution in [2.24, 2.45) is 0 Å². The van der Waals surface area contributed by atoms with Crippen LogP contribution in [0.3, 0.4) is 0 Å². The van der Waals surface area contributed by atoms with Crippen LogP contribution in [0.4, 0.5) is 19.0 Å². The third-order valence-electron chi connectivity index (χ3n) is 3.85. The fraction of sp³-hybridized carbons (Fsp3) is 0.600. The molecule has 1 fully saturated rings. The van der Waals surface area contributed by atoms with Crippen LogP contribution in [0.5, 0.6) is 0 Å². The molecule has 23 heavy (non-hydrogen) atoms. The van der Waals surface area contributed by atoms with E-state index in [0.29, 0.717) is 32.0 Å². The minimum atomic E-state index is -4.37. The summed E-state index contributed by atoms with van der Waals surface area (Å²) in [6, 6.07) is 2.46. The molecule has 0 bridgehead atoms. The van der Waals surface area contributed by atoms with Gasteiger partial charge in [0.1, 0.15) is 5.82 Å². The van der Waals surface area contributed by atoms with Gasteiger partial charge in [-0.3, -0.25) is 9.69 Å². The van der Waals surface area contributed by atoms with Crippen LogP contribution in [0.1, 0.15) is 12.0 Å². The maximum Gasteiger partial charge on any atom is 0.417 e. The molecule has 0 N–H and O–H groups in total. The third kappa shape index (κ3) is 4.82. The van der Waals surface area contributed by atoms with Crippen LogP contribution in [0.2, 0.25) is 0 Å². The molecule has 0 radical (unpaired) electrons. The lowest BCUT2D eigenvalue weighted by atomic mass is 10.2. The molecule has 0 saturated carbocycles. The summed E-state index contributed by atoms with van der Waals surface area (Å²) in [5.74, 6) is 0.588. The monoisotopic (exact) mass is 330 g/mol. The predicted octanol–water partition coefficient (Wildman–Crippen LogP) is 1.70. The van der Waals surface area contributed by atoms with E-state index in [1.165, 1.54) is 6.07 Å². The molecule has 2 heterocycles. The highest BCUT2D eigenvalue weighted by Gasteiger charge is 2.31. The second kappa shape index (κ2) is 7.16. The number of amides is 1. The first-order chi connectivity index (χ1) is 10.8. The largest absolute Gasteiger partial charge is 0.417 e. The number of pyridine rings is 1. The van der Waals surface area contributed by atoms with Gasteiger partial charge in [-0.25, -0.2) is 4.98 Å². The smallest absolute Gasteiger partial charge is 0.355 e. The Morgan fingerprint density at radius 3 is 2.52 bits per heavy atom. The molecule has 1 aromatic heterocycles. The van der Waals surface area contributed by atoms with Crippen molar-refractivity contribution in [3.05, 3.63) is 23.9 Å². The fourth-order valence-corrected chi connectivity index (χ4v) is 2.43. The molecule has 0 atom stereocenters. The molecular formula is C15H21F3N4O. The lowest BCUT2D eigenvalue weighted by Crippen LogP contribution is -2.38. The number of rotatable bonds is 3. The Hall–Kier alpha value is -1.83. The molecule has 1 aliphatic heterocycles. The third-order valence-corrected chi connectivity index (χ3v) is 3.85. The summed E-state index contributed by atoms with van der Waals surface area (Å²) < 4.78 is 37.7. The van der Waals surface area contributed by atoms with E-state index >= 15 is 0 Å². The van der Waals surface area contributed by atoms with Gasteiger partial charge in [-0.05, 0) is 18.6 Å². The summed E-state index contributed by atoms with van der Waals surface area (Å²) in [4.78, 5) is 21.3. The Bertz CT molecular complexity index is 531. The van der Waals surface area contributed by atoms with Crippen LogP contribution in [0.15, 0.2) is 18.3 Å². The van der Waals surface area contributed by atoms with E-state index in [2.05, 4.69) is 9.88 Å². The minimum Gasteiger partial charge on any atom is -0.355 e. The van der Waals surface area contributed by atoms with Crippen LogP contribution in [-0.4, -0.2) is 67.5 Å². The van der Waals surface area contributed by atoms with E-state index in [4.69, 9.17) is 0 Å². The number of hydrogen-bond donors (Lipinski definition) is 0. The zero-order valence-corrected chi connectivity index (χ0v) is 13.3. The molecule has 0 unspecified atom stereocenters. The van der Waals surface area contributed by atoms with Crippen molar-refractivity contribution in [2.75, 3.05) is 51.7 Å². The van der Waals surface area contributed by atoms with Crippen LogP contribution in [0, 0.1) is 0 Å². The summed E-state index contributed by atoms with van der Waals surface area (Å²) in [5, 5.41) is 0. The van der Waals surface area contributed by atoms with E-state index in [0.717, 1.165) is 25.2 Å². The van der Waals surface area contributed by atoms with Crippen molar-refractivity contribution < 1.29 is 18.0 Å². The number of aromatic nitrogens is 1. The topological polar surface area (TPSA) is 39.7 Å². The van der Waals surface area contributed by atoms with Gasteiger partial charge in [-0.2, -0.15) is 13.2 Å². The van der Waals surface area contributed by atoms with Gasteiger partial charge >= 0.3 is 6.18 Å². The van der Waals surface area contributed by atoms with E-state index in [1.54, 1.807) is 19.0 Å². The molecule has 128 valence electrons. The van der Waals surface area contributed by atoms with Crippen molar-refractivity contribution in [1.82, 2.24) is 14.8 Å². The average Bonchev–Trinajstić information content (AvgIpc) is 2.72. The highest BCUT2D eigenvalue weighted by Crippen LogP contribution is 2.29. The van der Waals surface area contributed by atoms with Crippen LogP contribution < -0.4 is 4.90 Å². The normalized spacial score (nSPS) is 17.0. The Labute approximate surface area is 133 Å². The number of anilines is 1. The molecular weight excluding hydrogens is 309 g/mol. The summed E-state index contributed by atoms with van der Waals surface area (Å²) in [7, 11) is 3.44. The average molecular weight is 330 g/mol. The van der Waals surface area contributed by atoms with Gasteiger partial charge in [-0.15, -0.1) is 0 Å². The fourth-order valence-electron chi connectivity index (χ4n) is 2.43. The number of alkyl halides is 3. The molecule has 5 nitrogen and oxygen atoms in total. The second-order valence-electron chi connectivity index (χ2n) is 5.81. The lowest BCUT2D eigenvalue weighted by molar-refractivity contribution is -0.137. The van der Waals surface area contributed by atoms with E-state index in [1.807, 2.05) is 4.90 Å². The Kier molecular flexibility index (Phi) is 5.46. The molecule has 1 saturated heterocycles. The summed E-state index contributed by atoms with van der Waals surface area (Å²) in [6.07, 6.45) is -2.66. The van der Waals surface area contributed by atoms with Crippen LogP contribution in [0.25, 0.3) is 0 Å². The van der Waals surface area contributed by atoms with Crippen LogP contribution >= 0.6 is 0 Å². The molecule has 1 amide bonds. The van der Waals surface area contributed by atoms with Crippen molar-refractivity contribution in [3.8, 4) is 0 Å². The SMILES string of the molecule is CN(C)C(=O)CN1CCCN(c2ccc(C(F)(F)F)cn2)CC1. The summed E-state index contributed by atoms with van der Waals surface area (Å²) in [6.45, 7) is 3.18. The number of nitrogens with zero attached hydrogens (tertiary/aromatic N) is 4. The molecule has 2 rings (SSSR count). The number of likely N-dealkylation sites (N-methyl/N-ethyl adjacent to an activating group) is 1. The molecule has 1 aliphatic rings. The standard InChI is InChI=1S/C15H21F3N4O/c1-20(2)14(23)11-21-6-3-7-22(9-8-21)13-5-4-12(10-19-13)15(16,17)18/h4-5,10H,3,6-9,11H2,1-2H3. The van der Waals surface area contributed by atoms with Gasteiger partial charge in [0.25, 0.3) is 0 Å². The first-order valence-corrected chi connectivity index (χ1v) is 7.48. The van der Waals surface area contributed by atoms with Crippen molar-refractivity contribution in [3.63, 3.8) is 0 Å². The van der Waals surface area contributed by atoms with E-state index in [9.17, 15) is 18.0 Å². The lowest BCUT2D eigenvalue weighted by Gasteiger charge is -2.23. The quantitative estimate of drug-likeness (QED) is 0.846. The molecule has 0 aromatic carbocycles. The van der Waals surface area contributed by atoms with E-state index < -0.39 is 11.7 Å². The number of hydrogen-bond acceptors (Lipinski definition) is 4. The predicted molar refractivity (Wildman–Crippen MR) is 81.2 cm³/mol. The first-order valence-electron chi connectivity index (χ1n) is 7.48. The van der Waals surface area contributed by atoms with Crippen molar-refractivity contribution in [2.45, 2.75) is 12.6 Å². The highest BCUT2D eigenvalue weighted by atomic mass is 19.4. The van der Waals surface area contributed by atoms with Crippen molar-refractivity contribution >= 4 is 11.7 Å². The van der Waals surface area contributed by atoms with E-state index in [-0.39, 0.29) is 5.91 Å². The van der Waals surface area contributed by atoms with Gasteiger partial charge in [0, 0.05) is 46.5 Å². The van der Waals surface area contributed by atoms with Gasteiger partial charge in [0.15, 0.2) is 0 Å². The number of carbonyl (C=O) groups excluding carboxylic acids is 1. The van der Waals surface area contributed by atoms with Gasteiger partial charge in [0.2, 0.25) is 5.91 Å². The maximum atomic E-state index is 12.6. The molecule has 0 spiro atoms. The summed E-state index contributed by atoms with van der Waals surface area (Å²) in [5.41, 5.74) is -0.741. The molecule has 8 heteroatoms. The number of carbonyl (C=O) groups is 1. The van der Waals surface area contributed by atoms with Crippen LogP contribution in [-0.2, 0) is 11.0 Å². The Morgan fingerprint density at radius 2 is 1.96 bits per heavy atom. The second-order valence-corrected chi connectivity index (χ2v) is 5.81. The molecule has 0 aliphatic carbocycles. The zero-order chi connectivity index (χ0) is 17.0. The first kappa shape index (κ1) is 17.5. The highest BCUT2D eigenvalue weighted by molar-refractivity contribution is 5.77. The maximum absolute atomic E-state index is 12.6. The van der Waals surface area contributed by atoms with Crippen molar-refractivity contribution in [1.29, 1.82) is 0 Å².